The number of hydrogen-bond acceptors (Lipinski definition) is 3. The summed E-state index contributed by atoms with van der Waals surface area (Å²) in [4.78, 5) is 24.7. The van der Waals surface area contributed by atoms with E-state index in [9.17, 15) is 18.4 Å². The fourth-order valence-corrected chi connectivity index (χ4v) is 3.62. The summed E-state index contributed by atoms with van der Waals surface area (Å²) in [5.41, 5.74) is 5.59. The van der Waals surface area contributed by atoms with Gasteiger partial charge in [0.2, 0.25) is 11.8 Å². The standard InChI is InChI=1S/C20H19ClF3N3O2/c1-10(28)26-15-7-6-14(25)18(22)17(15)16(12-4-2-3-5-13(12)21)19(29)27-11-8-20(23,24)9-11/h2-7,11,16H,8-9,25H2,1H3,(H,26,28)(H,27,29). The van der Waals surface area contributed by atoms with E-state index in [1.807, 2.05) is 0 Å². The molecule has 1 aliphatic rings. The first kappa shape index (κ1) is 21.0. The Morgan fingerprint density at radius 3 is 2.45 bits per heavy atom. The smallest absolute Gasteiger partial charge is 0.252 e. The summed E-state index contributed by atoms with van der Waals surface area (Å²) in [7, 11) is 0. The SMILES string of the molecule is CC(=O)Nc1ccc(N)c(F)c1C(C(=O)NC1CC(F)(F)C1)c1ccccc1Cl. The number of benzene rings is 2. The van der Waals surface area contributed by atoms with Gasteiger partial charge in [0.1, 0.15) is 0 Å². The summed E-state index contributed by atoms with van der Waals surface area (Å²) in [6, 6.07) is 8.20. The zero-order valence-corrected chi connectivity index (χ0v) is 16.2. The summed E-state index contributed by atoms with van der Waals surface area (Å²) >= 11 is 6.25. The number of hydrogen-bond donors (Lipinski definition) is 3. The third-order valence-corrected chi connectivity index (χ3v) is 5.07. The molecule has 1 aliphatic carbocycles. The summed E-state index contributed by atoms with van der Waals surface area (Å²) in [5.74, 6) is -6.22. The molecule has 1 fully saturated rings. The van der Waals surface area contributed by atoms with Crippen LogP contribution in [0.1, 0.15) is 36.8 Å². The largest absolute Gasteiger partial charge is 0.396 e. The van der Waals surface area contributed by atoms with E-state index in [1.54, 1.807) is 12.1 Å². The lowest BCUT2D eigenvalue weighted by atomic mass is 9.85. The third-order valence-electron chi connectivity index (χ3n) is 4.72. The molecule has 0 bridgehead atoms. The maximum absolute atomic E-state index is 15.1. The van der Waals surface area contributed by atoms with E-state index in [0.717, 1.165) is 0 Å². The Morgan fingerprint density at radius 1 is 1.21 bits per heavy atom. The minimum Gasteiger partial charge on any atom is -0.396 e. The molecular weight excluding hydrogens is 407 g/mol. The molecule has 2 aromatic carbocycles. The monoisotopic (exact) mass is 425 g/mol. The van der Waals surface area contributed by atoms with Crippen LogP contribution < -0.4 is 16.4 Å². The number of amides is 2. The zero-order chi connectivity index (χ0) is 21.3. The lowest BCUT2D eigenvalue weighted by molar-refractivity contribution is -0.129. The van der Waals surface area contributed by atoms with E-state index in [4.69, 9.17) is 17.3 Å². The van der Waals surface area contributed by atoms with E-state index in [2.05, 4.69) is 10.6 Å². The molecule has 2 amide bonds. The van der Waals surface area contributed by atoms with Gasteiger partial charge in [0.15, 0.2) is 5.82 Å². The maximum Gasteiger partial charge on any atom is 0.252 e. The Kier molecular flexibility index (Phi) is 5.75. The van der Waals surface area contributed by atoms with Crippen LogP contribution in [0.4, 0.5) is 24.5 Å². The molecule has 9 heteroatoms. The molecule has 0 saturated heterocycles. The van der Waals surface area contributed by atoms with E-state index < -0.39 is 48.4 Å². The van der Waals surface area contributed by atoms with Gasteiger partial charge in [-0.3, -0.25) is 9.59 Å². The summed E-state index contributed by atoms with van der Waals surface area (Å²) in [5, 5.41) is 5.19. The molecule has 154 valence electrons. The Hall–Kier alpha value is -2.74. The Bertz CT molecular complexity index is 960. The van der Waals surface area contributed by atoms with Crippen LogP contribution in [0.5, 0.6) is 0 Å². The molecule has 1 atom stereocenters. The van der Waals surface area contributed by atoms with Gasteiger partial charge < -0.3 is 16.4 Å². The fraction of sp³-hybridized carbons (Fsp3) is 0.300. The molecule has 29 heavy (non-hydrogen) atoms. The molecular formula is C20H19ClF3N3O2. The van der Waals surface area contributed by atoms with Crippen LogP contribution in [0, 0.1) is 5.82 Å². The van der Waals surface area contributed by atoms with Gasteiger partial charge in [0.25, 0.3) is 5.92 Å². The van der Waals surface area contributed by atoms with Gasteiger partial charge in [0, 0.05) is 42.1 Å². The highest BCUT2D eigenvalue weighted by Crippen LogP contribution is 2.40. The van der Waals surface area contributed by atoms with E-state index >= 15 is 4.39 Å². The number of nitrogens with two attached hydrogens (primary N) is 1. The second-order valence-corrected chi connectivity index (χ2v) is 7.44. The number of halogens is 4. The van der Waals surface area contributed by atoms with Crippen molar-refractivity contribution in [3.63, 3.8) is 0 Å². The quantitative estimate of drug-likeness (QED) is 0.631. The van der Waals surface area contributed by atoms with E-state index in [1.165, 1.54) is 31.2 Å². The van der Waals surface area contributed by atoms with Crippen molar-refractivity contribution < 1.29 is 22.8 Å². The Morgan fingerprint density at radius 2 is 1.86 bits per heavy atom. The predicted molar refractivity (Wildman–Crippen MR) is 105 cm³/mol. The van der Waals surface area contributed by atoms with Crippen LogP contribution in [0.15, 0.2) is 36.4 Å². The van der Waals surface area contributed by atoms with Crippen LogP contribution in [0.25, 0.3) is 0 Å². The van der Waals surface area contributed by atoms with Crippen LogP contribution in [-0.2, 0) is 9.59 Å². The van der Waals surface area contributed by atoms with Gasteiger partial charge >= 0.3 is 0 Å². The number of carbonyl (C=O) groups is 2. The van der Waals surface area contributed by atoms with E-state index in [0.29, 0.717) is 0 Å². The second kappa shape index (κ2) is 7.94. The molecule has 0 radical (unpaired) electrons. The molecule has 0 aromatic heterocycles. The van der Waals surface area contributed by atoms with Crippen LogP contribution in [0.3, 0.4) is 0 Å². The first-order valence-electron chi connectivity index (χ1n) is 8.87. The molecule has 2 aromatic rings. The third kappa shape index (κ3) is 4.48. The average molecular weight is 426 g/mol. The van der Waals surface area contributed by atoms with Gasteiger partial charge in [-0.05, 0) is 23.8 Å². The number of nitrogens with one attached hydrogen (secondary N) is 2. The van der Waals surface area contributed by atoms with Crippen LogP contribution in [-0.4, -0.2) is 23.8 Å². The molecule has 1 saturated carbocycles. The topological polar surface area (TPSA) is 84.2 Å². The summed E-state index contributed by atoms with van der Waals surface area (Å²) in [6.07, 6.45) is -0.988. The molecule has 1 unspecified atom stereocenters. The van der Waals surface area contributed by atoms with Gasteiger partial charge in [-0.25, -0.2) is 13.2 Å². The second-order valence-electron chi connectivity index (χ2n) is 7.04. The van der Waals surface area contributed by atoms with Crippen molar-refractivity contribution in [1.82, 2.24) is 5.32 Å². The maximum atomic E-state index is 15.1. The number of rotatable bonds is 5. The van der Waals surface area contributed by atoms with Crippen molar-refractivity contribution in [3.8, 4) is 0 Å². The number of carbonyl (C=O) groups excluding carboxylic acids is 2. The number of nitrogen functional groups attached to an aromatic ring is 1. The Labute approximate surface area is 170 Å². The fourth-order valence-electron chi connectivity index (χ4n) is 3.38. The Balaban J connectivity index is 2.09. The van der Waals surface area contributed by atoms with Gasteiger partial charge in [0.05, 0.1) is 11.6 Å². The number of anilines is 2. The highest BCUT2D eigenvalue weighted by atomic mass is 35.5. The number of alkyl halides is 2. The lowest BCUT2D eigenvalue weighted by Gasteiger charge is -2.36. The zero-order valence-electron chi connectivity index (χ0n) is 15.4. The van der Waals surface area contributed by atoms with Gasteiger partial charge in [-0.1, -0.05) is 29.8 Å². The average Bonchev–Trinajstić information content (AvgIpc) is 2.60. The normalized spacial score (nSPS) is 16.6. The lowest BCUT2D eigenvalue weighted by Crippen LogP contribution is -2.51. The minimum absolute atomic E-state index is 0.0446. The van der Waals surface area contributed by atoms with Gasteiger partial charge in [-0.2, -0.15) is 0 Å². The van der Waals surface area contributed by atoms with Crippen molar-refractivity contribution in [2.45, 2.75) is 37.6 Å². The molecule has 5 nitrogen and oxygen atoms in total. The predicted octanol–water partition coefficient (Wildman–Crippen LogP) is 4.07. The van der Waals surface area contributed by atoms with Crippen LogP contribution in [0.2, 0.25) is 5.02 Å². The van der Waals surface area contributed by atoms with Crippen molar-refractivity contribution >= 4 is 34.8 Å². The van der Waals surface area contributed by atoms with E-state index in [-0.39, 0.29) is 27.5 Å². The first-order valence-corrected chi connectivity index (χ1v) is 9.25. The summed E-state index contributed by atoms with van der Waals surface area (Å²) in [6.45, 7) is 1.24. The molecule has 3 rings (SSSR count). The highest BCUT2D eigenvalue weighted by molar-refractivity contribution is 6.31. The van der Waals surface area contributed by atoms with Gasteiger partial charge in [-0.15, -0.1) is 0 Å². The first-order chi connectivity index (χ1) is 13.6. The van der Waals surface area contributed by atoms with Crippen LogP contribution >= 0.6 is 11.6 Å². The summed E-state index contributed by atoms with van der Waals surface area (Å²) < 4.78 is 41.4. The molecule has 0 aliphatic heterocycles. The minimum atomic E-state index is -2.83. The molecule has 0 spiro atoms. The van der Waals surface area contributed by atoms with Crippen molar-refractivity contribution in [2.75, 3.05) is 11.1 Å². The van der Waals surface area contributed by atoms with Crippen molar-refractivity contribution in [3.05, 3.63) is 58.4 Å². The van der Waals surface area contributed by atoms with Crippen molar-refractivity contribution in [1.29, 1.82) is 0 Å². The van der Waals surface area contributed by atoms with Crippen molar-refractivity contribution in [2.24, 2.45) is 0 Å². The molecule has 4 N–H and O–H groups in total. The molecule has 0 heterocycles. The highest BCUT2D eigenvalue weighted by Gasteiger charge is 2.46.